The molecule has 2 amide bonds. The van der Waals surface area contributed by atoms with Crippen molar-refractivity contribution in [2.24, 2.45) is 17.8 Å². The Kier molecular flexibility index (Phi) is 7.66. The number of hydrogen-bond acceptors (Lipinski definition) is 5. The monoisotopic (exact) mass is 441 g/mol. The van der Waals surface area contributed by atoms with E-state index in [1.165, 1.54) is 44.9 Å². The van der Waals surface area contributed by atoms with Crippen molar-refractivity contribution in [3.63, 3.8) is 0 Å². The smallest absolute Gasteiger partial charge is 0.242 e. The predicted octanol–water partition coefficient (Wildman–Crippen LogP) is 2.86. The van der Waals surface area contributed by atoms with Crippen molar-refractivity contribution in [2.45, 2.75) is 82.8 Å². The fraction of sp³-hybridized carbons (Fsp3) is 0.720. The van der Waals surface area contributed by atoms with Crippen LogP contribution in [-0.4, -0.2) is 47.4 Å². The van der Waals surface area contributed by atoms with Gasteiger partial charge in [0.15, 0.2) is 0 Å². The van der Waals surface area contributed by atoms with Gasteiger partial charge < -0.3 is 16.4 Å². The number of hydrogen-bond donors (Lipinski definition) is 3. The van der Waals surface area contributed by atoms with Crippen LogP contribution in [0.5, 0.6) is 0 Å². The number of nitrogen functional groups attached to an aromatic ring is 1. The molecule has 2 heterocycles. The molecule has 4 N–H and O–H groups in total. The summed E-state index contributed by atoms with van der Waals surface area (Å²) in [7, 11) is 1.99. The third kappa shape index (κ3) is 5.61. The minimum absolute atomic E-state index is 0.00435. The number of anilines is 1. The molecule has 1 aromatic heterocycles. The lowest BCUT2D eigenvalue weighted by molar-refractivity contribution is -0.132. The largest absolute Gasteiger partial charge is 0.384 e. The SMILES string of the molecule is CN1CCC[C@@H]1C(=O)N[C@@H](CC1CCCC2CCCCC21)C(=O)NCc1ccc(N)nc1. The number of pyridine rings is 1. The van der Waals surface area contributed by atoms with Crippen LogP contribution in [-0.2, 0) is 16.1 Å². The zero-order valence-corrected chi connectivity index (χ0v) is 19.4. The Morgan fingerprint density at radius 3 is 2.69 bits per heavy atom. The minimum Gasteiger partial charge on any atom is -0.384 e. The summed E-state index contributed by atoms with van der Waals surface area (Å²) in [6.45, 7) is 1.32. The summed E-state index contributed by atoms with van der Waals surface area (Å²) >= 11 is 0. The van der Waals surface area contributed by atoms with Gasteiger partial charge in [0.1, 0.15) is 11.9 Å². The van der Waals surface area contributed by atoms with E-state index in [9.17, 15) is 9.59 Å². The molecule has 5 atom stereocenters. The van der Waals surface area contributed by atoms with Gasteiger partial charge in [0, 0.05) is 12.7 Å². The lowest BCUT2D eigenvalue weighted by Gasteiger charge is -2.42. The van der Waals surface area contributed by atoms with Crippen molar-refractivity contribution in [2.75, 3.05) is 19.3 Å². The second-order valence-electron chi connectivity index (χ2n) is 10.1. The number of fused-ring (bicyclic) bond motifs is 1. The Labute approximate surface area is 191 Å². The lowest BCUT2D eigenvalue weighted by atomic mass is 9.64. The highest BCUT2D eigenvalue weighted by Crippen LogP contribution is 2.45. The normalized spacial score (nSPS) is 29.2. The highest BCUT2D eigenvalue weighted by Gasteiger charge is 2.38. The van der Waals surface area contributed by atoms with Gasteiger partial charge in [0.25, 0.3) is 0 Å². The Balaban J connectivity index is 1.43. The Morgan fingerprint density at radius 2 is 1.94 bits per heavy atom. The topological polar surface area (TPSA) is 100 Å². The van der Waals surface area contributed by atoms with Crippen molar-refractivity contribution in [1.29, 1.82) is 0 Å². The van der Waals surface area contributed by atoms with Gasteiger partial charge in [-0.2, -0.15) is 0 Å². The van der Waals surface area contributed by atoms with E-state index in [-0.39, 0.29) is 17.9 Å². The Hall–Kier alpha value is -2.15. The molecular formula is C25H39N5O2. The third-order valence-corrected chi connectivity index (χ3v) is 8.03. The number of nitrogens with two attached hydrogens (primary N) is 1. The van der Waals surface area contributed by atoms with Crippen molar-refractivity contribution >= 4 is 17.6 Å². The number of likely N-dealkylation sites (tertiary alicyclic amines) is 1. The maximum Gasteiger partial charge on any atom is 0.242 e. The first-order valence-corrected chi connectivity index (χ1v) is 12.5. The quantitative estimate of drug-likeness (QED) is 0.604. The number of nitrogens with one attached hydrogen (secondary N) is 2. The molecule has 3 unspecified atom stereocenters. The molecule has 7 heteroatoms. The Bertz CT molecular complexity index is 781. The molecule has 0 aromatic carbocycles. The van der Waals surface area contributed by atoms with Crippen LogP contribution in [0.4, 0.5) is 5.82 Å². The molecule has 2 aliphatic carbocycles. The standard InChI is InChI=1S/C25H39N5O2/c1-30-13-5-10-22(30)25(32)29-21(24(31)28-16-17-11-12-23(26)27-15-17)14-19-8-4-7-18-6-2-3-9-20(18)19/h11-12,15,18-22H,2-10,13-14,16H2,1H3,(H2,26,27)(H,28,31)(H,29,32)/t18?,19?,20?,21-,22+/m0/s1. The van der Waals surface area contributed by atoms with Crippen LogP contribution in [0.25, 0.3) is 0 Å². The second-order valence-corrected chi connectivity index (χ2v) is 10.1. The summed E-state index contributed by atoms with van der Waals surface area (Å²) in [5.41, 5.74) is 6.57. The molecule has 0 bridgehead atoms. The van der Waals surface area contributed by atoms with Gasteiger partial charge in [-0.05, 0) is 68.7 Å². The van der Waals surface area contributed by atoms with E-state index < -0.39 is 6.04 Å². The van der Waals surface area contributed by atoms with Crippen molar-refractivity contribution < 1.29 is 9.59 Å². The van der Waals surface area contributed by atoms with Crippen LogP contribution in [0.15, 0.2) is 18.3 Å². The number of likely N-dealkylation sites (N-methyl/N-ethyl adjacent to an activating group) is 1. The summed E-state index contributed by atoms with van der Waals surface area (Å²) in [6.07, 6.45) is 13.3. The summed E-state index contributed by atoms with van der Waals surface area (Å²) in [6, 6.07) is 3.00. The number of carbonyl (C=O) groups excluding carboxylic acids is 2. The molecule has 0 radical (unpaired) electrons. The van der Waals surface area contributed by atoms with Crippen LogP contribution < -0.4 is 16.4 Å². The first kappa shape index (κ1) is 23.0. The van der Waals surface area contributed by atoms with E-state index in [2.05, 4.69) is 20.5 Å². The fourth-order valence-electron chi connectivity index (χ4n) is 6.26. The molecule has 7 nitrogen and oxygen atoms in total. The molecule has 32 heavy (non-hydrogen) atoms. The highest BCUT2D eigenvalue weighted by atomic mass is 16.2. The zero-order valence-electron chi connectivity index (χ0n) is 19.4. The number of nitrogens with zero attached hydrogens (tertiary/aromatic N) is 2. The molecule has 4 rings (SSSR count). The van der Waals surface area contributed by atoms with E-state index in [4.69, 9.17) is 5.73 Å². The van der Waals surface area contributed by atoms with Crippen LogP contribution in [0.3, 0.4) is 0 Å². The number of carbonyl (C=O) groups is 2. The maximum atomic E-state index is 13.3. The van der Waals surface area contributed by atoms with Crippen LogP contribution >= 0.6 is 0 Å². The zero-order chi connectivity index (χ0) is 22.5. The molecule has 3 fully saturated rings. The number of rotatable bonds is 7. The molecule has 1 aromatic rings. The molecule has 0 spiro atoms. The maximum absolute atomic E-state index is 13.3. The second kappa shape index (κ2) is 10.6. The molecule has 3 aliphatic rings. The van der Waals surface area contributed by atoms with Gasteiger partial charge in [0.2, 0.25) is 11.8 Å². The average Bonchev–Trinajstić information content (AvgIpc) is 3.24. The van der Waals surface area contributed by atoms with Crippen molar-refractivity contribution in [1.82, 2.24) is 20.5 Å². The first-order valence-electron chi connectivity index (χ1n) is 12.5. The van der Waals surface area contributed by atoms with E-state index >= 15 is 0 Å². The number of amides is 2. The molecule has 1 saturated heterocycles. The lowest BCUT2D eigenvalue weighted by Crippen LogP contribution is -2.52. The van der Waals surface area contributed by atoms with E-state index in [0.29, 0.717) is 24.2 Å². The van der Waals surface area contributed by atoms with Crippen molar-refractivity contribution in [3.8, 4) is 0 Å². The summed E-state index contributed by atoms with van der Waals surface area (Å²) in [4.78, 5) is 32.5. The minimum atomic E-state index is -0.482. The fourth-order valence-corrected chi connectivity index (χ4v) is 6.26. The Morgan fingerprint density at radius 1 is 1.12 bits per heavy atom. The highest BCUT2D eigenvalue weighted by molar-refractivity contribution is 5.89. The molecule has 2 saturated carbocycles. The van der Waals surface area contributed by atoms with Crippen LogP contribution in [0, 0.1) is 17.8 Å². The van der Waals surface area contributed by atoms with Gasteiger partial charge in [-0.3, -0.25) is 14.5 Å². The van der Waals surface area contributed by atoms with E-state index in [0.717, 1.165) is 37.3 Å². The van der Waals surface area contributed by atoms with Crippen molar-refractivity contribution in [3.05, 3.63) is 23.9 Å². The van der Waals surface area contributed by atoms with Gasteiger partial charge in [-0.15, -0.1) is 0 Å². The van der Waals surface area contributed by atoms with Gasteiger partial charge in [-0.1, -0.05) is 44.6 Å². The van der Waals surface area contributed by atoms with Gasteiger partial charge >= 0.3 is 0 Å². The van der Waals surface area contributed by atoms with Crippen LogP contribution in [0.1, 0.15) is 69.8 Å². The average molecular weight is 442 g/mol. The van der Waals surface area contributed by atoms with Crippen LogP contribution in [0.2, 0.25) is 0 Å². The third-order valence-electron chi connectivity index (χ3n) is 8.03. The molecule has 176 valence electrons. The van der Waals surface area contributed by atoms with E-state index in [1.54, 1.807) is 12.3 Å². The van der Waals surface area contributed by atoms with Gasteiger partial charge in [0.05, 0.1) is 6.04 Å². The molecular weight excluding hydrogens is 402 g/mol. The first-order chi connectivity index (χ1) is 15.5. The predicted molar refractivity (Wildman–Crippen MR) is 125 cm³/mol. The summed E-state index contributed by atoms with van der Waals surface area (Å²) < 4.78 is 0. The molecule has 1 aliphatic heterocycles. The number of aromatic nitrogens is 1. The van der Waals surface area contributed by atoms with E-state index in [1.807, 2.05) is 13.1 Å². The van der Waals surface area contributed by atoms with Gasteiger partial charge in [-0.25, -0.2) is 4.98 Å². The summed E-state index contributed by atoms with van der Waals surface area (Å²) in [5, 5.41) is 6.19. The summed E-state index contributed by atoms with van der Waals surface area (Å²) in [5.74, 6) is 2.41.